The van der Waals surface area contributed by atoms with Crippen LogP contribution in [0.2, 0.25) is 0 Å². The Morgan fingerprint density at radius 2 is 1.34 bits per heavy atom. The second-order valence-corrected chi connectivity index (χ2v) is 6.91. The van der Waals surface area contributed by atoms with Gasteiger partial charge >= 0.3 is 0 Å². The van der Waals surface area contributed by atoms with Gasteiger partial charge in [-0.3, -0.25) is 9.79 Å². The highest BCUT2D eigenvalue weighted by Crippen LogP contribution is 2.37. The summed E-state index contributed by atoms with van der Waals surface area (Å²) in [5.41, 5.74) is 6.12. The molecule has 3 aromatic rings. The van der Waals surface area contributed by atoms with Crippen LogP contribution in [0.4, 0.5) is 5.69 Å². The molecule has 0 aliphatic carbocycles. The molecule has 0 fully saturated rings. The van der Waals surface area contributed by atoms with Gasteiger partial charge in [0.1, 0.15) is 0 Å². The van der Waals surface area contributed by atoms with Gasteiger partial charge in [0.2, 0.25) is 0 Å². The predicted octanol–water partition coefficient (Wildman–Crippen LogP) is 8.82. The molecular weight excluding hydrogens is 390 g/mol. The van der Waals surface area contributed by atoms with E-state index in [9.17, 15) is 4.79 Å². The van der Waals surface area contributed by atoms with E-state index in [1.165, 1.54) is 11.1 Å². The summed E-state index contributed by atoms with van der Waals surface area (Å²) in [4.78, 5) is 17.5. The van der Waals surface area contributed by atoms with Crippen molar-refractivity contribution in [2.24, 2.45) is 4.99 Å². The van der Waals surface area contributed by atoms with Crippen molar-refractivity contribution in [2.75, 3.05) is 0 Å². The molecule has 0 saturated carbocycles. The van der Waals surface area contributed by atoms with Gasteiger partial charge in [-0.05, 0) is 55.0 Å². The van der Waals surface area contributed by atoms with E-state index < -0.39 is 0 Å². The Hall–Kier alpha value is -3.00. The van der Waals surface area contributed by atoms with Crippen LogP contribution in [-0.4, -0.2) is 11.5 Å². The molecule has 1 heterocycles. The second-order valence-electron chi connectivity index (χ2n) is 6.91. The lowest BCUT2D eigenvalue weighted by Crippen LogP contribution is -2.13. The number of carbonyl (C=O) groups excluding carboxylic acids is 1. The van der Waals surface area contributed by atoms with Gasteiger partial charge < -0.3 is 0 Å². The van der Waals surface area contributed by atoms with Gasteiger partial charge in [0.05, 0.1) is 5.69 Å². The first-order valence-electron chi connectivity index (χ1n) is 12.0. The van der Waals surface area contributed by atoms with Crippen LogP contribution in [0.25, 0.3) is 0 Å². The summed E-state index contributed by atoms with van der Waals surface area (Å²) < 4.78 is 0. The van der Waals surface area contributed by atoms with E-state index in [0.717, 1.165) is 35.4 Å². The van der Waals surface area contributed by atoms with E-state index in [4.69, 9.17) is 4.99 Å². The van der Waals surface area contributed by atoms with Gasteiger partial charge in [-0.2, -0.15) is 0 Å². The van der Waals surface area contributed by atoms with E-state index in [0.29, 0.717) is 5.92 Å². The first kappa shape index (κ1) is 27.0. The summed E-state index contributed by atoms with van der Waals surface area (Å²) in [6, 6.07) is 25.9. The number of nitrogens with zero attached hydrogens (tertiary/aromatic N) is 1. The lowest BCUT2D eigenvalue weighted by atomic mass is 9.83. The third-order valence-corrected chi connectivity index (χ3v) is 4.94. The van der Waals surface area contributed by atoms with Gasteiger partial charge in [-0.25, -0.2) is 0 Å². The third kappa shape index (κ3) is 7.30. The van der Waals surface area contributed by atoms with E-state index in [1.54, 1.807) is 0 Å². The number of benzene rings is 3. The van der Waals surface area contributed by atoms with Gasteiger partial charge in [0, 0.05) is 16.8 Å². The molecule has 0 bridgehead atoms. The maximum absolute atomic E-state index is 12.8. The molecule has 0 amide bonds. The fourth-order valence-corrected chi connectivity index (χ4v) is 3.68. The Morgan fingerprint density at radius 3 is 1.94 bits per heavy atom. The summed E-state index contributed by atoms with van der Waals surface area (Å²) in [6.45, 7) is 14.1. The van der Waals surface area contributed by atoms with Crippen molar-refractivity contribution in [3.8, 4) is 0 Å². The van der Waals surface area contributed by atoms with Crippen LogP contribution in [0.1, 0.15) is 87.9 Å². The highest BCUT2D eigenvalue weighted by Gasteiger charge is 2.23. The minimum Gasteiger partial charge on any atom is -0.289 e. The number of ketones is 1. The van der Waals surface area contributed by atoms with Gasteiger partial charge in [0.25, 0.3) is 0 Å². The number of hydrogen-bond acceptors (Lipinski definition) is 2. The van der Waals surface area contributed by atoms with Gasteiger partial charge in [0.15, 0.2) is 5.78 Å². The van der Waals surface area contributed by atoms with Crippen LogP contribution in [0.3, 0.4) is 0 Å². The molecule has 1 aliphatic rings. The SMILES string of the molecule is CC.CC.CC.CC1=Nc2ccc(C(=O)c3ccccc3)cc2C(Cc2ccccc2)C1. The highest BCUT2D eigenvalue weighted by atomic mass is 16.1. The van der Waals surface area contributed by atoms with E-state index in [1.807, 2.05) is 96.1 Å². The van der Waals surface area contributed by atoms with E-state index in [-0.39, 0.29) is 5.78 Å². The summed E-state index contributed by atoms with van der Waals surface area (Å²) in [5.74, 6) is 0.423. The van der Waals surface area contributed by atoms with E-state index >= 15 is 0 Å². The molecule has 0 aromatic heterocycles. The first-order valence-corrected chi connectivity index (χ1v) is 12.0. The first-order chi connectivity index (χ1) is 15.7. The standard InChI is InChI=1S/C24H21NO.3C2H6/c1-17-14-21(15-18-8-4-2-5-9-18)22-16-20(12-13-23(22)25-17)24(26)19-10-6-3-7-11-19;3*1-2/h2-13,16,21H,14-15H2,1H3;3*1-2H3. The number of fused-ring (bicyclic) bond motifs is 1. The average molecular weight is 430 g/mol. The molecule has 170 valence electrons. The Bertz CT molecular complexity index is 959. The fourth-order valence-electron chi connectivity index (χ4n) is 3.68. The van der Waals surface area contributed by atoms with Crippen LogP contribution < -0.4 is 0 Å². The fraction of sp³-hybridized carbons (Fsp3) is 0.333. The second kappa shape index (κ2) is 14.9. The average Bonchev–Trinajstić information content (AvgIpc) is 2.88. The van der Waals surface area contributed by atoms with Crippen molar-refractivity contribution in [1.29, 1.82) is 0 Å². The van der Waals surface area contributed by atoms with E-state index in [2.05, 4.69) is 31.2 Å². The maximum atomic E-state index is 12.8. The Balaban J connectivity index is 0.000000789. The predicted molar refractivity (Wildman–Crippen MR) is 141 cm³/mol. The molecular formula is C30H39NO. The molecule has 1 unspecified atom stereocenters. The van der Waals surface area contributed by atoms with Crippen LogP contribution in [-0.2, 0) is 6.42 Å². The minimum absolute atomic E-state index is 0.0677. The summed E-state index contributed by atoms with van der Waals surface area (Å²) in [6.07, 6.45) is 1.90. The van der Waals surface area contributed by atoms with Crippen molar-refractivity contribution in [3.63, 3.8) is 0 Å². The Labute approximate surface area is 195 Å². The zero-order valence-electron chi connectivity index (χ0n) is 20.9. The molecule has 3 aromatic carbocycles. The molecule has 0 saturated heterocycles. The zero-order chi connectivity index (χ0) is 23.9. The van der Waals surface area contributed by atoms with Gasteiger partial charge in [-0.15, -0.1) is 0 Å². The van der Waals surface area contributed by atoms with Crippen LogP contribution >= 0.6 is 0 Å². The lowest BCUT2D eigenvalue weighted by molar-refractivity contribution is 0.103. The highest BCUT2D eigenvalue weighted by molar-refractivity contribution is 6.09. The summed E-state index contributed by atoms with van der Waals surface area (Å²) in [5, 5.41) is 0. The molecule has 2 nitrogen and oxygen atoms in total. The number of rotatable bonds is 4. The molecule has 1 atom stereocenters. The van der Waals surface area contributed by atoms with Crippen LogP contribution in [0.5, 0.6) is 0 Å². The Morgan fingerprint density at radius 1 is 0.781 bits per heavy atom. The molecule has 0 radical (unpaired) electrons. The Kier molecular flexibility index (Phi) is 12.6. The molecule has 0 N–H and O–H groups in total. The van der Waals surface area contributed by atoms with Gasteiger partial charge in [-0.1, -0.05) is 102 Å². The van der Waals surface area contributed by atoms with Crippen molar-refractivity contribution in [3.05, 3.63) is 101 Å². The zero-order valence-corrected chi connectivity index (χ0v) is 20.9. The number of carbonyl (C=O) groups is 1. The topological polar surface area (TPSA) is 29.4 Å². The molecule has 0 spiro atoms. The summed E-state index contributed by atoms with van der Waals surface area (Å²) >= 11 is 0. The van der Waals surface area contributed by atoms with Crippen molar-refractivity contribution in [1.82, 2.24) is 0 Å². The number of hydrogen-bond donors (Lipinski definition) is 0. The van der Waals surface area contributed by atoms with Crippen molar-refractivity contribution >= 4 is 17.2 Å². The molecule has 32 heavy (non-hydrogen) atoms. The van der Waals surface area contributed by atoms with Crippen molar-refractivity contribution in [2.45, 2.75) is 67.2 Å². The molecule has 2 heteroatoms. The van der Waals surface area contributed by atoms with Crippen LogP contribution in [0.15, 0.2) is 83.9 Å². The third-order valence-electron chi connectivity index (χ3n) is 4.94. The smallest absolute Gasteiger partial charge is 0.193 e. The minimum atomic E-state index is 0.0677. The largest absolute Gasteiger partial charge is 0.289 e. The van der Waals surface area contributed by atoms with Crippen molar-refractivity contribution < 1.29 is 4.79 Å². The maximum Gasteiger partial charge on any atom is 0.193 e. The molecule has 1 aliphatic heterocycles. The normalized spacial score (nSPS) is 13.5. The monoisotopic (exact) mass is 429 g/mol. The van der Waals surface area contributed by atoms with Crippen LogP contribution in [0, 0.1) is 0 Å². The molecule has 4 rings (SSSR count). The number of aliphatic imine (C=N–C) groups is 1. The quantitative estimate of drug-likeness (QED) is 0.381. The summed E-state index contributed by atoms with van der Waals surface area (Å²) in [7, 11) is 0. The lowest BCUT2D eigenvalue weighted by Gasteiger charge is -2.24.